The lowest BCUT2D eigenvalue weighted by atomic mass is 10.0. The first-order valence-corrected chi connectivity index (χ1v) is 7.44. The van der Waals surface area contributed by atoms with Crippen LogP contribution in [0.1, 0.15) is 42.4 Å². The number of aromatic nitrogens is 2. The molecule has 0 atom stereocenters. The summed E-state index contributed by atoms with van der Waals surface area (Å²) in [7, 11) is 0. The van der Waals surface area contributed by atoms with Gasteiger partial charge in [0.05, 0.1) is 16.9 Å². The summed E-state index contributed by atoms with van der Waals surface area (Å²) in [5, 5.41) is 0. The maximum Gasteiger partial charge on any atom is 0.418 e. The van der Waals surface area contributed by atoms with Gasteiger partial charge in [0.15, 0.2) is 0 Å². The molecule has 0 amide bonds. The Kier molecular flexibility index (Phi) is 4.82. The highest BCUT2D eigenvalue weighted by Crippen LogP contribution is 2.37. The van der Waals surface area contributed by atoms with E-state index in [2.05, 4.69) is 4.98 Å². The van der Waals surface area contributed by atoms with Crippen LogP contribution in [0.3, 0.4) is 0 Å². The van der Waals surface area contributed by atoms with Crippen molar-refractivity contribution < 1.29 is 13.2 Å². The summed E-state index contributed by atoms with van der Waals surface area (Å²) in [5.41, 5.74) is 6.20. The van der Waals surface area contributed by atoms with Crippen molar-refractivity contribution in [2.24, 2.45) is 0 Å². The van der Waals surface area contributed by atoms with Crippen molar-refractivity contribution in [3.8, 4) is 5.69 Å². The second-order valence-electron chi connectivity index (χ2n) is 5.48. The Bertz CT molecular complexity index is 727. The highest BCUT2D eigenvalue weighted by molar-refractivity contribution is 5.71. The fourth-order valence-electron chi connectivity index (χ4n) is 2.43. The summed E-state index contributed by atoms with van der Waals surface area (Å²) in [6.45, 7) is 5.56. The van der Waals surface area contributed by atoms with Gasteiger partial charge in [-0.3, -0.25) is 0 Å². The molecule has 2 N–H and O–H groups in total. The summed E-state index contributed by atoms with van der Waals surface area (Å²) in [4.78, 5) is 4.24. The van der Waals surface area contributed by atoms with Gasteiger partial charge >= 0.3 is 6.18 Å². The molecule has 0 saturated carbocycles. The molecule has 1 heterocycles. The first-order valence-electron chi connectivity index (χ1n) is 7.44. The molecule has 3 nitrogen and oxygen atoms in total. The van der Waals surface area contributed by atoms with Crippen molar-refractivity contribution in [2.45, 2.75) is 39.8 Å². The van der Waals surface area contributed by atoms with Crippen LogP contribution >= 0.6 is 0 Å². The monoisotopic (exact) mass is 323 g/mol. The SMILES string of the molecule is CCC/C=C/c1cc(-n2cc(C)nc2C)cc(C(F)(F)F)c1N. The van der Waals surface area contributed by atoms with Crippen LogP contribution in [-0.2, 0) is 6.18 Å². The third-order valence-electron chi connectivity index (χ3n) is 3.54. The number of anilines is 1. The van der Waals surface area contributed by atoms with Gasteiger partial charge in [-0.05, 0) is 38.0 Å². The predicted octanol–water partition coefficient (Wildman–Crippen LogP) is 4.90. The Balaban J connectivity index is 2.64. The summed E-state index contributed by atoms with van der Waals surface area (Å²) in [6.07, 6.45) is 2.39. The second kappa shape index (κ2) is 6.48. The minimum absolute atomic E-state index is 0.247. The molecular formula is C17H20F3N3. The Labute approximate surface area is 133 Å². The second-order valence-corrected chi connectivity index (χ2v) is 5.48. The summed E-state index contributed by atoms with van der Waals surface area (Å²) < 4.78 is 41.5. The summed E-state index contributed by atoms with van der Waals surface area (Å²) in [6, 6.07) is 2.73. The van der Waals surface area contributed by atoms with Crippen molar-refractivity contribution in [2.75, 3.05) is 5.73 Å². The van der Waals surface area contributed by atoms with E-state index >= 15 is 0 Å². The molecule has 1 aromatic heterocycles. The number of hydrogen-bond acceptors (Lipinski definition) is 2. The first kappa shape index (κ1) is 17.1. The number of nitrogens with zero attached hydrogens (tertiary/aromatic N) is 2. The van der Waals surface area contributed by atoms with Gasteiger partial charge in [-0.25, -0.2) is 4.98 Å². The average molecular weight is 323 g/mol. The molecule has 0 bridgehead atoms. The van der Waals surface area contributed by atoms with Crippen LogP contribution in [0.25, 0.3) is 11.8 Å². The van der Waals surface area contributed by atoms with Gasteiger partial charge in [-0.2, -0.15) is 13.2 Å². The molecule has 0 radical (unpaired) electrons. The van der Waals surface area contributed by atoms with Crippen molar-refractivity contribution in [3.63, 3.8) is 0 Å². The number of rotatable bonds is 4. The number of allylic oxidation sites excluding steroid dienone is 1. The molecule has 0 aliphatic carbocycles. The lowest BCUT2D eigenvalue weighted by Gasteiger charge is -2.16. The fraction of sp³-hybridized carbons (Fsp3) is 0.353. The van der Waals surface area contributed by atoms with Crippen LogP contribution in [0, 0.1) is 13.8 Å². The molecule has 6 heteroatoms. The van der Waals surface area contributed by atoms with Crippen LogP contribution in [0.2, 0.25) is 0 Å². The third kappa shape index (κ3) is 3.75. The lowest BCUT2D eigenvalue weighted by molar-refractivity contribution is -0.136. The number of benzene rings is 1. The van der Waals surface area contributed by atoms with E-state index in [4.69, 9.17) is 5.73 Å². The Morgan fingerprint density at radius 1 is 1.26 bits per heavy atom. The van der Waals surface area contributed by atoms with E-state index in [9.17, 15) is 13.2 Å². The standard InChI is InChI=1S/C17H20F3N3/c1-4-5-6-7-13-8-14(23-10-11(2)22-12(23)3)9-15(16(13)21)17(18,19)20/h6-10H,4-5,21H2,1-3H3/b7-6+. The van der Waals surface area contributed by atoms with Crippen LogP contribution in [-0.4, -0.2) is 9.55 Å². The minimum atomic E-state index is -4.50. The topological polar surface area (TPSA) is 43.8 Å². The van der Waals surface area contributed by atoms with Gasteiger partial charge in [-0.15, -0.1) is 0 Å². The summed E-state index contributed by atoms with van der Waals surface area (Å²) in [5.74, 6) is 0.629. The minimum Gasteiger partial charge on any atom is -0.398 e. The molecule has 2 rings (SSSR count). The predicted molar refractivity (Wildman–Crippen MR) is 86.4 cm³/mol. The van der Waals surface area contributed by atoms with E-state index in [0.29, 0.717) is 17.1 Å². The van der Waals surface area contributed by atoms with Crippen LogP contribution < -0.4 is 5.73 Å². The normalized spacial score (nSPS) is 12.3. The number of nitrogens with two attached hydrogens (primary N) is 1. The van der Waals surface area contributed by atoms with Gasteiger partial charge in [0.1, 0.15) is 5.82 Å². The van der Waals surface area contributed by atoms with Gasteiger partial charge in [0, 0.05) is 11.9 Å². The number of alkyl halides is 3. The van der Waals surface area contributed by atoms with Gasteiger partial charge < -0.3 is 10.3 Å². The number of nitrogen functional groups attached to an aromatic ring is 1. The zero-order valence-corrected chi connectivity index (χ0v) is 13.4. The smallest absolute Gasteiger partial charge is 0.398 e. The van der Waals surface area contributed by atoms with Gasteiger partial charge in [0.25, 0.3) is 0 Å². The van der Waals surface area contributed by atoms with Crippen LogP contribution in [0.15, 0.2) is 24.4 Å². The number of hydrogen-bond donors (Lipinski definition) is 1. The fourth-order valence-corrected chi connectivity index (χ4v) is 2.43. The molecule has 2 aromatic rings. The molecule has 0 aliphatic heterocycles. The Morgan fingerprint density at radius 3 is 2.48 bits per heavy atom. The van der Waals surface area contributed by atoms with Crippen LogP contribution in [0.5, 0.6) is 0 Å². The van der Waals surface area contributed by atoms with E-state index in [-0.39, 0.29) is 5.69 Å². The van der Waals surface area contributed by atoms with E-state index in [1.54, 1.807) is 36.8 Å². The lowest BCUT2D eigenvalue weighted by Crippen LogP contribution is -2.12. The molecule has 0 saturated heterocycles. The molecule has 0 unspecified atom stereocenters. The highest BCUT2D eigenvalue weighted by atomic mass is 19.4. The molecule has 0 aliphatic rings. The quantitative estimate of drug-likeness (QED) is 0.813. The third-order valence-corrected chi connectivity index (χ3v) is 3.54. The van der Waals surface area contributed by atoms with Crippen molar-refractivity contribution in [3.05, 3.63) is 47.1 Å². The van der Waals surface area contributed by atoms with Crippen molar-refractivity contribution >= 4 is 11.8 Å². The largest absolute Gasteiger partial charge is 0.418 e. The maximum absolute atomic E-state index is 13.3. The molecule has 0 spiro atoms. The molecule has 124 valence electrons. The van der Waals surface area contributed by atoms with Crippen molar-refractivity contribution in [1.29, 1.82) is 0 Å². The zero-order chi connectivity index (χ0) is 17.2. The molecular weight excluding hydrogens is 303 g/mol. The van der Waals surface area contributed by atoms with Crippen LogP contribution in [0.4, 0.5) is 18.9 Å². The van der Waals surface area contributed by atoms with E-state index in [1.165, 1.54) is 0 Å². The van der Waals surface area contributed by atoms with E-state index < -0.39 is 11.7 Å². The summed E-state index contributed by atoms with van der Waals surface area (Å²) >= 11 is 0. The number of halogens is 3. The van der Waals surface area contributed by atoms with Gasteiger partial charge in [-0.1, -0.05) is 25.5 Å². The number of unbranched alkanes of at least 4 members (excludes halogenated alkanes) is 1. The highest BCUT2D eigenvalue weighted by Gasteiger charge is 2.34. The number of aryl methyl sites for hydroxylation is 2. The Morgan fingerprint density at radius 2 is 1.96 bits per heavy atom. The zero-order valence-electron chi connectivity index (χ0n) is 13.4. The Hall–Kier alpha value is -2.24. The average Bonchev–Trinajstić information content (AvgIpc) is 2.78. The molecule has 0 fully saturated rings. The number of imidazole rings is 1. The van der Waals surface area contributed by atoms with E-state index in [1.807, 2.05) is 13.0 Å². The first-order chi connectivity index (χ1) is 10.7. The molecule has 1 aromatic carbocycles. The van der Waals surface area contributed by atoms with Gasteiger partial charge in [0.2, 0.25) is 0 Å². The van der Waals surface area contributed by atoms with Crippen molar-refractivity contribution in [1.82, 2.24) is 9.55 Å². The molecule has 23 heavy (non-hydrogen) atoms. The maximum atomic E-state index is 13.3. The van der Waals surface area contributed by atoms with E-state index in [0.717, 1.165) is 24.6 Å².